The molecule has 0 amide bonds. The molecule has 1 aliphatic heterocycles. The van der Waals surface area contributed by atoms with Crippen LogP contribution in [0, 0.1) is 17.8 Å². The predicted octanol–water partition coefficient (Wildman–Crippen LogP) is 5.68. The number of likely N-dealkylation sites (tertiary alicyclic amines) is 1. The van der Waals surface area contributed by atoms with Gasteiger partial charge in [0, 0.05) is 30.6 Å². The Bertz CT molecular complexity index is 1540. The summed E-state index contributed by atoms with van der Waals surface area (Å²) in [6, 6.07) is 17.5. The number of esters is 1. The molecule has 2 aromatic carbocycles. The summed E-state index contributed by atoms with van der Waals surface area (Å²) >= 11 is 0. The Morgan fingerprint density at radius 1 is 1.00 bits per heavy atom. The first kappa shape index (κ1) is 27.2. The van der Waals surface area contributed by atoms with Gasteiger partial charge in [0.15, 0.2) is 0 Å². The number of aromatic nitrogens is 3. The summed E-state index contributed by atoms with van der Waals surface area (Å²) in [5.41, 5.74) is 9.99. The number of nitrogen functional groups attached to an aromatic ring is 1. The number of ether oxygens (including phenoxy) is 2. The topological polar surface area (TPSA) is 95.5 Å². The van der Waals surface area contributed by atoms with Gasteiger partial charge in [0.1, 0.15) is 41.0 Å². The Balaban J connectivity index is 1.50. The van der Waals surface area contributed by atoms with Crippen LogP contribution in [-0.4, -0.2) is 51.6 Å². The van der Waals surface area contributed by atoms with Gasteiger partial charge < -0.3 is 19.8 Å². The molecule has 2 aromatic heterocycles. The van der Waals surface area contributed by atoms with Crippen molar-refractivity contribution in [2.75, 3.05) is 25.9 Å². The summed E-state index contributed by atoms with van der Waals surface area (Å²) in [6.07, 6.45) is 3.28. The van der Waals surface area contributed by atoms with Crippen molar-refractivity contribution in [1.29, 1.82) is 0 Å². The molecule has 0 aliphatic carbocycles. The maximum Gasteiger partial charge on any atom is 0.322 e. The average Bonchev–Trinajstić information content (AvgIpc) is 3.32. The fourth-order valence-electron chi connectivity index (χ4n) is 5.30. The van der Waals surface area contributed by atoms with Gasteiger partial charge >= 0.3 is 5.97 Å². The molecule has 0 saturated carbocycles. The number of para-hydroxylation sites is 1. The Hall–Kier alpha value is -4.35. The zero-order valence-corrected chi connectivity index (χ0v) is 23.4. The van der Waals surface area contributed by atoms with Crippen molar-refractivity contribution in [2.24, 2.45) is 5.92 Å². The van der Waals surface area contributed by atoms with E-state index in [2.05, 4.69) is 45.1 Å². The van der Waals surface area contributed by atoms with Crippen LogP contribution in [0.5, 0.6) is 11.5 Å². The van der Waals surface area contributed by atoms with Crippen LogP contribution in [0.15, 0.2) is 60.9 Å². The molecular weight excluding hydrogens is 502 g/mol. The molecule has 1 saturated heterocycles. The number of nitrogens with two attached hydrogens (primary N) is 1. The quantitative estimate of drug-likeness (QED) is 0.250. The van der Waals surface area contributed by atoms with E-state index in [1.54, 1.807) is 0 Å². The highest BCUT2D eigenvalue weighted by Gasteiger charge is 2.27. The normalized spacial score (nSPS) is 15.0. The lowest BCUT2D eigenvalue weighted by Gasteiger charge is -2.32. The fourth-order valence-corrected chi connectivity index (χ4v) is 5.30. The smallest absolute Gasteiger partial charge is 0.322 e. The second kappa shape index (κ2) is 11.8. The highest BCUT2D eigenvalue weighted by molar-refractivity contribution is 6.03. The van der Waals surface area contributed by atoms with Gasteiger partial charge in [-0.15, -0.1) is 0 Å². The lowest BCUT2D eigenvalue weighted by molar-refractivity contribution is -0.146. The number of anilines is 1. The molecule has 5 rings (SSSR count). The molecule has 2 N–H and O–H groups in total. The lowest BCUT2D eigenvalue weighted by Crippen LogP contribution is -2.44. The third-order valence-corrected chi connectivity index (χ3v) is 7.47. The van der Waals surface area contributed by atoms with E-state index in [9.17, 15) is 4.79 Å². The highest BCUT2D eigenvalue weighted by atomic mass is 16.5. The first-order valence-corrected chi connectivity index (χ1v) is 13.7. The van der Waals surface area contributed by atoms with E-state index in [0.29, 0.717) is 5.82 Å². The van der Waals surface area contributed by atoms with Crippen LogP contribution < -0.4 is 10.5 Å². The summed E-state index contributed by atoms with van der Waals surface area (Å²) in [5, 5.41) is 0.805. The zero-order valence-electron chi connectivity index (χ0n) is 23.4. The van der Waals surface area contributed by atoms with E-state index < -0.39 is 0 Å². The third kappa shape index (κ3) is 5.51. The van der Waals surface area contributed by atoms with Gasteiger partial charge in [-0.1, -0.05) is 36.3 Å². The summed E-state index contributed by atoms with van der Waals surface area (Å²) in [5.74, 6) is 9.04. The summed E-state index contributed by atoms with van der Waals surface area (Å²) in [6.45, 7) is 7.74. The predicted molar refractivity (Wildman–Crippen MR) is 157 cm³/mol. The van der Waals surface area contributed by atoms with Crippen LogP contribution in [0.4, 0.5) is 5.82 Å². The number of benzene rings is 2. The van der Waals surface area contributed by atoms with Gasteiger partial charge in [-0.2, -0.15) is 0 Å². The van der Waals surface area contributed by atoms with Crippen LogP contribution in [0.3, 0.4) is 0 Å². The van der Waals surface area contributed by atoms with E-state index in [1.165, 1.54) is 13.4 Å². The second-order valence-corrected chi connectivity index (χ2v) is 10.4. The van der Waals surface area contributed by atoms with Gasteiger partial charge in [0.2, 0.25) is 0 Å². The number of hydrogen-bond acceptors (Lipinski definition) is 7. The Labute approximate surface area is 235 Å². The largest absolute Gasteiger partial charge is 0.468 e. The van der Waals surface area contributed by atoms with Gasteiger partial charge in [-0.25, -0.2) is 9.97 Å². The molecule has 1 fully saturated rings. The van der Waals surface area contributed by atoms with Crippen molar-refractivity contribution < 1.29 is 14.3 Å². The molecule has 8 heteroatoms. The minimum Gasteiger partial charge on any atom is -0.468 e. The van der Waals surface area contributed by atoms with Crippen molar-refractivity contribution in [3.8, 4) is 34.5 Å². The van der Waals surface area contributed by atoms with Crippen LogP contribution in [0.1, 0.15) is 45.3 Å². The van der Waals surface area contributed by atoms with Gasteiger partial charge in [-0.05, 0) is 69.4 Å². The van der Waals surface area contributed by atoms with Crippen molar-refractivity contribution >= 4 is 22.8 Å². The molecule has 3 heterocycles. The fraction of sp³-hybridized carbons (Fsp3) is 0.344. The van der Waals surface area contributed by atoms with Crippen LogP contribution in [-0.2, 0) is 9.53 Å². The van der Waals surface area contributed by atoms with E-state index in [1.807, 2.05) is 61.5 Å². The first-order valence-electron chi connectivity index (χ1n) is 13.7. The molecular formula is C32H35N5O3. The number of rotatable bonds is 6. The monoisotopic (exact) mass is 537 g/mol. The Kier molecular flexibility index (Phi) is 8.04. The standard InChI is InChI=1S/C32H35N5O3/c1-21(2)37-27(15-10-23-16-18-36(19-17-23)22(3)32(38)39-4)28(29-30(33)34-20-35-31(29)37)24-11-13-26(14-12-24)40-25-8-6-5-7-9-25/h5-9,11-14,20-23H,16-19H2,1-4H3,(H2,33,34,35). The molecule has 206 valence electrons. The van der Waals surface area contributed by atoms with E-state index in [0.717, 1.165) is 65.3 Å². The molecule has 1 aliphatic rings. The van der Waals surface area contributed by atoms with Gasteiger partial charge in [0.05, 0.1) is 12.5 Å². The first-order chi connectivity index (χ1) is 19.4. The Morgan fingerprint density at radius 2 is 1.68 bits per heavy atom. The van der Waals surface area contributed by atoms with Gasteiger partial charge in [-0.3, -0.25) is 9.69 Å². The van der Waals surface area contributed by atoms with E-state index in [-0.39, 0.29) is 24.0 Å². The molecule has 8 nitrogen and oxygen atoms in total. The summed E-state index contributed by atoms with van der Waals surface area (Å²) in [7, 11) is 1.43. The van der Waals surface area contributed by atoms with Crippen LogP contribution in [0.2, 0.25) is 0 Å². The number of piperidine rings is 1. The van der Waals surface area contributed by atoms with E-state index >= 15 is 0 Å². The molecule has 0 radical (unpaired) electrons. The molecule has 0 spiro atoms. The molecule has 4 aromatic rings. The zero-order chi connectivity index (χ0) is 28.2. The maximum atomic E-state index is 12.0. The minimum absolute atomic E-state index is 0.110. The molecule has 1 atom stereocenters. The van der Waals surface area contributed by atoms with Crippen molar-refractivity contribution in [1.82, 2.24) is 19.4 Å². The van der Waals surface area contributed by atoms with Crippen LogP contribution >= 0.6 is 0 Å². The average molecular weight is 538 g/mol. The number of nitrogens with zero attached hydrogens (tertiary/aromatic N) is 4. The third-order valence-electron chi connectivity index (χ3n) is 7.47. The van der Waals surface area contributed by atoms with Crippen molar-refractivity contribution in [3.05, 3.63) is 66.6 Å². The molecule has 1 unspecified atom stereocenters. The van der Waals surface area contributed by atoms with E-state index in [4.69, 9.17) is 15.2 Å². The highest BCUT2D eigenvalue weighted by Crippen LogP contribution is 2.39. The number of carbonyl (C=O) groups is 1. The van der Waals surface area contributed by atoms with Crippen molar-refractivity contribution in [2.45, 2.75) is 45.7 Å². The number of carbonyl (C=O) groups excluding carboxylic acids is 1. The lowest BCUT2D eigenvalue weighted by atomic mass is 9.95. The maximum absolute atomic E-state index is 12.0. The van der Waals surface area contributed by atoms with Crippen molar-refractivity contribution in [3.63, 3.8) is 0 Å². The number of fused-ring (bicyclic) bond motifs is 1. The summed E-state index contributed by atoms with van der Waals surface area (Å²) < 4.78 is 13.1. The molecule has 40 heavy (non-hydrogen) atoms. The second-order valence-electron chi connectivity index (χ2n) is 10.4. The van der Waals surface area contributed by atoms with Gasteiger partial charge in [0.25, 0.3) is 0 Å². The Morgan fingerprint density at radius 3 is 2.33 bits per heavy atom. The molecule has 0 bridgehead atoms. The number of hydrogen-bond donors (Lipinski definition) is 1. The summed E-state index contributed by atoms with van der Waals surface area (Å²) in [4.78, 5) is 23.1. The SMILES string of the molecule is COC(=O)C(C)N1CCC(C#Cc2c(-c3ccc(Oc4ccccc4)cc3)c3c(N)ncnc3n2C(C)C)CC1. The minimum atomic E-state index is -0.246. The van der Waals surface area contributed by atoms with Crippen LogP contribution in [0.25, 0.3) is 22.2 Å². The number of methoxy groups -OCH3 is 1.